The van der Waals surface area contributed by atoms with Crippen molar-refractivity contribution in [1.82, 2.24) is 9.88 Å². The topological polar surface area (TPSA) is 59.5 Å². The predicted molar refractivity (Wildman–Crippen MR) is 97.8 cm³/mol. The third-order valence-corrected chi connectivity index (χ3v) is 6.06. The molecule has 3 aromatic rings. The number of thiophene rings is 1. The fraction of sp³-hybridized carbons (Fsp3) is 0.278. The molecule has 4 rings (SSSR count). The molecular formula is C18H16N2O3S2. The molecule has 0 saturated carbocycles. The maximum atomic E-state index is 12.5. The van der Waals surface area contributed by atoms with Crippen molar-refractivity contribution in [2.45, 2.75) is 25.5 Å². The summed E-state index contributed by atoms with van der Waals surface area (Å²) in [5, 5.41) is 2.63. The van der Waals surface area contributed by atoms with Crippen LogP contribution in [0.2, 0.25) is 0 Å². The van der Waals surface area contributed by atoms with Crippen molar-refractivity contribution in [3.8, 4) is 0 Å². The lowest BCUT2D eigenvalue weighted by Crippen LogP contribution is -2.41. The third-order valence-electron chi connectivity index (χ3n) is 4.19. The van der Waals surface area contributed by atoms with Crippen LogP contribution in [0, 0.1) is 0 Å². The number of hydrogen-bond donors (Lipinski definition) is 0. The van der Waals surface area contributed by atoms with E-state index in [9.17, 15) is 9.59 Å². The number of esters is 1. The largest absolute Gasteiger partial charge is 0.457 e. The molecule has 0 bridgehead atoms. The summed E-state index contributed by atoms with van der Waals surface area (Å²) in [6.45, 7) is 0.743. The van der Waals surface area contributed by atoms with Crippen molar-refractivity contribution < 1.29 is 14.3 Å². The maximum Gasteiger partial charge on any atom is 0.329 e. The minimum atomic E-state index is -0.496. The van der Waals surface area contributed by atoms with E-state index in [-0.39, 0.29) is 18.5 Å². The van der Waals surface area contributed by atoms with Gasteiger partial charge >= 0.3 is 5.97 Å². The SMILES string of the molecule is O=C(OCc1nc2ccccc2s1)[C@@H]1CCCN1C(=O)c1cccs1. The second-order valence-corrected chi connectivity index (χ2v) is 7.88. The van der Waals surface area contributed by atoms with Crippen LogP contribution < -0.4 is 0 Å². The average Bonchev–Trinajstić information content (AvgIpc) is 3.38. The summed E-state index contributed by atoms with van der Waals surface area (Å²) < 4.78 is 6.53. The second kappa shape index (κ2) is 6.93. The molecule has 1 amide bonds. The first-order valence-corrected chi connectivity index (χ1v) is 9.77. The number of rotatable bonds is 4. The van der Waals surface area contributed by atoms with Gasteiger partial charge in [0.25, 0.3) is 5.91 Å². The zero-order chi connectivity index (χ0) is 17.2. The highest BCUT2D eigenvalue weighted by molar-refractivity contribution is 7.18. The van der Waals surface area contributed by atoms with E-state index in [2.05, 4.69) is 4.98 Å². The van der Waals surface area contributed by atoms with Gasteiger partial charge in [-0.05, 0) is 36.4 Å². The Kier molecular flexibility index (Phi) is 4.50. The molecule has 1 aliphatic heterocycles. The van der Waals surface area contributed by atoms with E-state index in [1.165, 1.54) is 22.7 Å². The van der Waals surface area contributed by atoms with Crippen molar-refractivity contribution in [1.29, 1.82) is 0 Å². The maximum absolute atomic E-state index is 12.5. The summed E-state index contributed by atoms with van der Waals surface area (Å²) in [4.78, 5) is 31.8. The van der Waals surface area contributed by atoms with Crippen LogP contribution in [0.4, 0.5) is 0 Å². The highest BCUT2D eigenvalue weighted by Crippen LogP contribution is 2.25. The smallest absolute Gasteiger partial charge is 0.329 e. The van der Waals surface area contributed by atoms with Gasteiger partial charge in [-0.2, -0.15) is 0 Å². The van der Waals surface area contributed by atoms with Crippen LogP contribution in [-0.2, 0) is 16.1 Å². The lowest BCUT2D eigenvalue weighted by molar-refractivity contribution is -0.149. The summed E-state index contributed by atoms with van der Waals surface area (Å²) in [5.41, 5.74) is 0.911. The Morgan fingerprint density at radius 1 is 1.24 bits per heavy atom. The minimum Gasteiger partial charge on any atom is -0.457 e. The predicted octanol–water partition coefficient (Wildman–Crippen LogP) is 3.71. The Labute approximate surface area is 152 Å². The number of thiazole rings is 1. The van der Waals surface area contributed by atoms with E-state index >= 15 is 0 Å². The standard InChI is InChI=1S/C18H16N2O3S2/c21-17(15-8-4-10-24-15)20-9-3-6-13(20)18(22)23-11-16-19-12-5-1-2-7-14(12)25-16/h1-2,4-5,7-8,10,13H,3,6,9,11H2/t13-/m0/s1. The van der Waals surface area contributed by atoms with E-state index in [1.807, 2.05) is 35.7 Å². The zero-order valence-electron chi connectivity index (χ0n) is 13.4. The lowest BCUT2D eigenvalue weighted by Gasteiger charge is -2.22. The Morgan fingerprint density at radius 2 is 2.12 bits per heavy atom. The average molecular weight is 372 g/mol. The van der Waals surface area contributed by atoms with Crippen LogP contribution in [0.15, 0.2) is 41.8 Å². The highest BCUT2D eigenvalue weighted by Gasteiger charge is 2.36. The Morgan fingerprint density at radius 3 is 2.92 bits per heavy atom. The number of benzene rings is 1. The normalized spacial score (nSPS) is 17.1. The Hall–Kier alpha value is -2.25. The number of ether oxygens (including phenoxy) is 1. The van der Waals surface area contributed by atoms with Crippen molar-refractivity contribution >= 4 is 44.8 Å². The van der Waals surface area contributed by atoms with Crippen LogP contribution in [0.25, 0.3) is 10.2 Å². The lowest BCUT2D eigenvalue weighted by atomic mass is 10.2. The van der Waals surface area contributed by atoms with Crippen LogP contribution in [0.3, 0.4) is 0 Å². The number of hydrogen-bond acceptors (Lipinski definition) is 6. The number of nitrogens with zero attached hydrogens (tertiary/aromatic N) is 2. The first kappa shape index (κ1) is 16.2. The third kappa shape index (κ3) is 3.29. The van der Waals surface area contributed by atoms with Gasteiger partial charge in [0.1, 0.15) is 17.7 Å². The molecule has 1 aliphatic rings. The van der Waals surface area contributed by atoms with Crippen molar-refractivity contribution in [3.05, 3.63) is 51.7 Å². The number of para-hydroxylation sites is 1. The fourth-order valence-corrected chi connectivity index (χ4v) is 4.57. The van der Waals surface area contributed by atoms with Crippen LogP contribution >= 0.6 is 22.7 Å². The number of fused-ring (bicyclic) bond motifs is 1. The van der Waals surface area contributed by atoms with Crippen LogP contribution in [-0.4, -0.2) is 34.3 Å². The molecule has 2 aromatic heterocycles. The molecule has 5 nitrogen and oxygen atoms in total. The van der Waals surface area contributed by atoms with Gasteiger partial charge in [0.05, 0.1) is 15.1 Å². The molecule has 128 valence electrons. The Balaban J connectivity index is 1.42. The van der Waals surface area contributed by atoms with Gasteiger partial charge in [-0.1, -0.05) is 18.2 Å². The first-order valence-electron chi connectivity index (χ1n) is 8.08. The summed E-state index contributed by atoms with van der Waals surface area (Å²) >= 11 is 2.91. The number of carbonyl (C=O) groups excluding carboxylic acids is 2. The molecule has 25 heavy (non-hydrogen) atoms. The van der Waals surface area contributed by atoms with Gasteiger partial charge in [-0.15, -0.1) is 22.7 Å². The zero-order valence-corrected chi connectivity index (χ0v) is 15.0. The van der Waals surface area contributed by atoms with Gasteiger partial charge in [-0.25, -0.2) is 9.78 Å². The molecule has 1 fully saturated rings. The molecule has 7 heteroatoms. The van der Waals surface area contributed by atoms with E-state index in [0.717, 1.165) is 21.6 Å². The number of aromatic nitrogens is 1. The number of carbonyl (C=O) groups is 2. The summed E-state index contributed by atoms with van der Waals surface area (Å²) in [6, 6.07) is 11.0. The van der Waals surface area contributed by atoms with E-state index in [1.54, 1.807) is 11.0 Å². The van der Waals surface area contributed by atoms with Gasteiger partial charge < -0.3 is 9.64 Å². The molecule has 0 unspecified atom stereocenters. The van der Waals surface area contributed by atoms with Crippen molar-refractivity contribution in [3.63, 3.8) is 0 Å². The molecule has 1 atom stereocenters. The molecule has 0 aliphatic carbocycles. The summed E-state index contributed by atoms with van der Waals surface area (Å²) in [7, 11) is 0. The summed E-state index contributed by atoms with van der Waals surface area (Å²) in [5.74, 6) is -0.434. The van der Waals surface area contributed by atoms with E-state index in [4.69, 9.17) is 4.74 Å². The van der Waals surface area contributed by atoms with Crippen LogP contribution in [0.5, 0.6) is 0 Å². The number of likely N-dealkylation sites (tertiary alicyclic amines) is 1. The molecular weight excluding hydrogens is 356 g/mol. The first-order chi connectivity index (χ1) is 12.2. The molecule has 0 N–H and O–H groups in total. The highest BCUT2D eigenvalue weighted by atomic mass is 32.1. The molecule has 1 aromatic carbocycles. The summed E-state index contributed by atoms with van der Waals surface area (Å²) in [6.07, 6.45) is 1.47. The molecule has 0 spiro atoms. The minimum absolute atomic E-state index is 0.0885. The molecule has 0 radical (unpaired) electrons. The van der Waals surface area contributed by atoms with Gasteiger partial charge in [0.15, 0.2) is 0 Å². The monoisotopic (exact) mass is 372 g/mol. The van der Waals surface area contributed by atoms with E-state index in [0.29, 0.717) is 17.8 Å². The molecule has 3 heterocycles. The van der Waals surface area contributed by atoms with Gasteiger partial charge in [0, 0.05) is 6.54 Å². The Bertz CT molecular complexity index is 871. The molecule has 1 saturated heterocycles. The van der Waals surface area contributed by atoms with Crippen LogP contribution in [0.1, 0.15) is 27.5 Å². The van der Waals surface area contributed by atoms with E-state index < -0.39 is 6.04 Å². The second-order valence-electron chi connectivity index (χ2n) is 5.82. The number of amides is 1. The van der Waals surface area contributed by atoms with Gasteiger partial charge in [-0.3, -0.25) is 4.79 Å². The fourth-order valence-electron chi connectivity index (χ4n) is 3.01. The van der Waals surface area contributed by atoms with Crippen molar-refractivity contribution in [2.75, 3.05) is 6.54 Å². The van der Waals surface area contributed by atoms with Gasteiger partial charge in [0.2, 0.25) is 0 Å². The van der Waals surface area contributed by atoms with Crippen molar-refractivity contribution in [2.24, 2.45) is 0 Å². The quantitative estimate of drug-likeness (QED) is 0.655.